The van der Waals surface area contributed by atoms with Gasteiger partial charge in [0.05, 0.1) is 0 Å². The van der Waals surface area contributed by atoms with Gasteiger partial charge < -0.3 is 15.0 Å². The van der Waals surface area contributed by atoms with Crippen LogP contribution in [0, 0.1) is 6.92 Å². The van der Waals surface area contributed by atoms with E-state index in [1.165, 1.54) is 6.20 Å². The number of benzene rings is 1. The van der Waals surface area contributed by atoms with E-state index < -0.39 is 32.4 Å². The number of nitrogens with one attached hydrogen (secondary N) is 1. The van der Waals surface area contributed by atoms with Gasteiger partial charge in [0.25, 0.3) is 0 Å². The van der Waals surface area contributed by atoms with E-state index in [0.717, 1.165) is 29.6 Å². The van der Waals surface area contributed by atoms with Gasteiger partial charge in [0.2, 0.25) is 5.88 Å². The Morgan fingerprint density at radius 1 is 1.22 bits per heavy atom. The number of hydrogen-bond acceptors (Lipinski definition) is 4. The first-order valence-corrected chi connectivity index (χ1v) is 14.0. The van der Waals surface area contributed by atoms with E-state index in [9.17, 15) is 13.2 Å². The van der Waals surface area contributed by atoms with Crippen LogP contribution < -0.4 is 15.0 Å². The minimum absolute atomic E-state index is 0.0277. The monoisotopic (exact) mass is 521 g/mol. The molecule has 8 heteroatoms. The van der Waals surface area contributed by atoms with Crippen LogP contribution >= 0.6 is 9.21 Å². The Balaban J connectivity index is 2.08. The summed E-state index contributed by atoms with van der Waals surface area (Å²) in [6.45, 7) is 13.6. The van der Waals surface area contributed by atoms with E-state index in [1.807, 2.05) is 19.4 Å². The van der Waals surface area contributed by atoms with Crippen LogP contribution in [0.15, 0.2) is 66.4 Å². The highest BCUT2D eigenvalue weighted by Crippen LogP contribution is 2.37. The molecule has 1 aromatic carbocycles. The molecular formula is C28H38F3N3OS. The van der Waals surface area contributed by atoms with E-state index >= 15 is 0 Å². The molecule has 1 atom stereocenters. The highest BCUT2D eigenvalue weighted by Gasteiger charge is 2.38. The molecule has 0 aliphatic carbocycles. The summed E-state index contributed by atoms with van der Waals surface area (Å²) in [6.07, 6.45) is 2.05. The summed E-state index contributed by atoms with van der Waals surface area (Å²) in [5.41, 5.74) is -0.0984. The maximum Gasteiger partial charge on any atom is 0.421 e. The van der Waals surface area contributed by atoms with Crippen molar-refractivity contribution in [1.29, 1.82) is 0 Å². The number of nitrogens with zero attached hydrogens (tertiary/aromatic N) is 2. The Hall–Kier alpha value is -2.87. The van der Waals surface area contributed by atoms with Crippen molar-refractivity contribution >= 4 is 26.6 Å². The second-order valence-electron chi connectivity index (χ2n) is 9.80. The van der Waals surface area contributed by atoms with Crippen LogP contribution in [0.1, 0.15) is 37.8 Å². The van der Waals surface area contributed by atoms with Crippen molar-refractivity contribution in [3.63, 3.8) is 0 Å². The predicted octanol–water partition coefficient (Wildman–Crippen LogP) is 6.80. The molecule has 1 aromatic heterocycles. The van der Waals surface area contributed by atoms with E-state index in [4.69, 9.17) is 4.74 Å². The number of rotatable bonds is 12. The van der Waals surface area contributed by atoms with E-state index in [0.29, 0.717) is 17.7 Å². The predicted molar refractivity (Wildman–Crippen MR) is 150 cm³/mol. The largest absolute Gasteiger partial charge is 0.465 e. The molecule has 1 N–H and O–H groups in total. The van der Waals surface area contributed by atoms with Gasteiger partial charge in [-0.05, 0) is 80.7 Å². The lowest BCUT2D eigenvalue weighted by Gasteiger charge is -2.33. The number of alkyl halides is 3. The first-order chi connectivity index (χ1) is 16.5. The molecule has 2 aromatic rings. The number of anilines is 1. The molecule has 1 unspecified atom stereocenters. The molecule has 0 saturated heterocycles. The number of hydrogen-bond donors (Lipinski definition) is 1. The van der Waals surface area contributed by atoms with Crippen molar-refractivity contribution in [3.8, 4) is 5.88 Å². The van der Waals surface area contributed by atoms with Crippen molar-refractivity contribution in [2.24, 2.45) is 0 Å². The minimum Gasteiger partial charge on any atom is -0.465 e. The summed E-state index contributed by atoms with van der Waals surface area (Å²) in [6, 6.07) is 9.27. The van der Waals surface area contributed by atoms with Crippen LogP contribution in [0.2, 0.25) is 0 Å². The van der Waals surface area contributed by atoms with Crippen LogP contribution in [0.25, 0.3) is 0 Å². The lowest BCUT2D eigenvalue weighted by Crippen LogP contribution is -2.43. The second kappa shape index (κ2) is 11.5. The lowest BCUT2D eigenvalue weighted by molar-refractivity contribution is -0.140. The minimum atomic E-state index is -4.57. The van der Waals surface area contributed by atoms with Crippen molar-refractivity contribution < 1.29 is 17.9 Å². The van der Waals surface area contributed by atoms with E-state index in [2.05, 4.69) is 64.4 Å². The summed E-state index contributed by atoms with van der Waals surface area (Å²) in [7, 11) is 0.748. The van der Waals surface area contributed by atoms with Crippen molar-refractivity contribution in [1.82, 2.24) is 10.3 Å². The number of aromatic nitrogens is 1. The normalized spacial score (nSPS) is 13.1. The highest BCUT2D eigenvalue weighted by molar-refractivity contribution is 8.27. The number of halogens is 3. The molecule has 36 heavy (non-hydrogen) atoms. The van der Waals surface area contributed by atoms with Crippen LogP contribution in [0.3, 0.4) is 0 Å². The molecule has 0 radical (unpaired) electrons. The fourth-order valence-electron chi connectivity index (χ4n) is 3.52. The van der Waals surface area contributed by atoms with Gasteiger partial charge in [-0.15, -0.1) is 6.58 Å². The standard InChI is InChI=1S/C28H38F3N3OS/c1-10-11-22(16-17-34(6)23-12-14-24(15-13-23)36(7,8)9)33-21(3)27(4,5)35-26-25(28(29,30)31)18-20(2)19-32-26/h10,12-15,18-19,22,33H,1,3,7-8,11,16-17H2,2,4-6,9H3. The summed E-state index contributed by atoms with van der Waals surface area (Å²) in [5.74, 6) is 7.84. The summed E-state index contributed by atoms with van der Waals surface area (Å²) in [4.78, 5) is 7.19. The van der Waals surface area contributed by atoms with Crippen LogP contribution in [0.5, 0.6) is 5.88 Å². The Morgan fingerprint density at radius 2 is 1.83 bits per heavy atom. The molecule has 1 heterocycles. The summed E-state index contributed by atoms with van der Waals surface area (Å²) < 4.78 is 46.3. The molecule has 4 nitrogen and oxygen atoms in total. The molecule has 0 spiro atoms. The SMILES string of the molecule is C=CCC(CCN(C)c1ccc(S(=C)(=C)C)cc1)NC(=C)C(C)(C)Oc1ncc(C)cc1C(F)(F)F. The molecule has 0 aliphatic rings. The van der Waals surface area contributed by atoms with E-state index in [1.54, 1.807) is 20.8 Å². The maximum absolute atomic E-state index is 13.5. The zero-order chi connectivity index (χ0) is 27.3. The third kappa shape index (κ3) is 8.08. The number of aryl methyl sites for hydroxylation is 1. The van der Waals surface area contributed by atoms with Gasteiger partial charge in [-0.3, -0.25) is 0 Å². The quantitative estimate of drug-likeness (QED) is 0.246. The topological polar surface area (TPSA) is 37.4 Å². The number of pyridine rings is 1. The van der Waals surface area contributed by atoms with Gasteiger partial charge >= 0.3 is 6.18 Å². The Morgan fingerprint density at radius 3 is 2.36 bits per heavy atom. The van der Waals surface area contributed by atoms with Crippen LogP contribution in [-0.2, 0) is 6.18 Å². The molecule has 198 valence electrons. The average Bonchev–Trinajstić information content (AvgIpc) is 2.77. The third-order valence-electron chi connectivity index (χ3n) is 5.86. The first kappa shape index (κ1) is 29.4. The molecule has 2 rings (SSSR count). The highest BCUT2D eigenvalue weighted by atomic mass is 32.2. The fraction of sp³-hybridized carbons (Fsp3) is 0.393. The second-order valence-corrected chi connectivity index (χ2v) is 12.8. The van der Waals surface area contributed by atoms with Gasteiger partial charge in [-0.1, -0.05) is 24.4 Å². The van der Waals surface area contributed by atoms with Crippen molar-refractivity contribution in [2.75, 3.05) is 24.7 Å². The number of ether oxygens (including phenoxy) is 1. The van der Waals surface area contributed by atoms with Crippen LogP contribution in [-0.4, -0.2) is 48.2 Å². The van der Waals surface area contributed by atoms with Gasteiger partial charge in [-0.2, -0.15) is 22.4 Å². The van der Waals surface area contributed by atoms with E-state index in [-0.39, 0.29) is 6.04 Å². The van der Waals surface area contributed by atoms with Gasteiger partial charge in [0.15, 0.2) is 0 Å². The fourth-order valence-corrected chi connectivity index (χ4v) is 4.32. The summed E-state index contributed by atoms with van der Waals surface area (Å²) >= 11 is 0. The molecule has 0 aliphatic heterocycles. The molecular weight excluding hydrogens is 483 g/mol. The summed E-state index contributed by atoms with van der Waals surface area (Å²) in [5, 5.41) is 3.34. The molecule has 0 fully saturated rings. The van der Waals surface area contributed by atoms with Gasteiger partial charge in [-0.25, -0.2) is 4.98 Å². The van der Waals surface area contributed by atoms with Gasteiger partial charge in [0.1, 0.15) is 11.2 Å². The van der Waals surface area contributed by atoms with Crippen molar-refractivity contribution in [2.45, 2.75) is 56.3 Å². The smallest absolute Gasteiger partial charge is 0.421 e. The van der Waals surface area contributed by atoms with Crippen LogP contribution in [0.4, 0.5) is 18.9 Å². The Bertz CT molecular complexity index is 1170. The Labute approximate surface area is 214 Å². The molecule has 0 bridgehead atoms. The first-order valence-electron chi connectivity index (χ1n) is 11.6. The third-order valence-corrected chi connectivity index (χ3v) is 7.27. The lowest BCUT2D eigenvalue weighted by atomic mass is 10.0. The zero-order valence-corrected chi connectivity index (χ0v) is 22.7. The zero-order valence-electron chi connectivity index (χ0n) is 21.9. The molecule has 0 saturated carbocycles. The average molecular weight is 522 g/mol. The van der Waals surface area contributed by atoms with Crippen molar-refractivity contribution in [3.05, 3.63) is 72.6 Å². The van der Waals surface area contributed by atoms with Gasteiger partial charge in [0, 0.05) is 37.2 Å². The molecule has 0 amide bonds. The Kier molecular flexibility index (Phi) is 9.34. The maximum atomic E-state index is 13.5.